The molecule has 0 radical (unpaired) electrons. The van der Waals surface area contributed by atoms with Crippen molar-refractivity contribution in [1.82, 2.24) is 5.43 Å². The molecule has 0 bridgehead atoms. The molecule has 2 amide bonds. The lowest BCUT2D eigenvalue weighted by Gasteiger charge is -2.15. The summed E-state index contributed by atoms with van der Waals surface area (Å²) in [4.78, 5) is 35.0. The van der Waals surface area contributed by atoms with Crippen LogP contribution in [0.15, 0.2) is 42.0 Å². The van der Waals surface area contributed by atoms with Gasteiger partial charge in [-0.1, -0.05) is 18.2 Å². The quantitative estimate of drug-likeness (QED) is 0.381. The van der Waals surface area contributed by atoms with Gasteiger partial charge in [-0.05, 0) is 43.2 Å². The number of aryl methyl sites for hydroxylation is 2. The van der Waals surface area contributed by atoms with Crippen molar-refractivity contribution in [2.24, 2.45) is 0 Å². The second-order valence-corrected chi connectivity index (χ2v) is 5.88. The summed E-state index contributed by atoms with van der Waals surface area (Å²) in [6.45, 7) is 3.82. The molecule has 0 atom stereocenters. The number of nitro groups is 1. The first-order valence-corrected chi connectivity index (χ1v) is 7.70. The first kappa shape index (κ1) is 17.2. The second-order valence-electron chi connectivity index (χ2n) is 5.88. The fourth-order valence-corrected chi connectivity index (χ4v) is 2.57. The van der Waals surface area contributed by atoms with Gasteiger partial charge in [0.1, 0.15) is 5.57 Å². The molecular weight excluding hydrogens is 338 g/mol. The highest BCUT2D eigenvalue weighted by Crippen LogP contribution is 2.32. The van der Waals surface area contributed by atoms with Crippen LogP contribution in [-0.4, -0.2) is 21.8 Å². The van der Waals surface area contributed by atoms with Crippen molar-refractivity contribution in [1.29, 1.82) is 0 Å². The Morgan fingerprint density at radius 1 is 1.15 bits per heavy atom. The molecule has 8 nitrogen and oxygen atoms in total. The van der Waals surface area contributed by atoms with Crippen LogP contribution in [0.3, 0.4) is 0 Å². The van der Waals surface area contributed by atoms with E-state index in [1.807, 2.05) is 19.9 Å². The van der Waals surface area contributed by atoms with Crippen molar-refractivity contribution in [2.45, 2.75) is 13.8 Å². The number of phenols is 1. The Morgan fingerprint density at radius 3 is 2.54 bits per heavy atom. The van der Waals surface area contributed by atoms with Crippen molar-refractivity contribution < 1.29 is 19.6 Å². The third-order valence-electron chi connectivity index (χ3n) is 4.18. The van der Waals surface area contributed by atoms with Crippen LogP contribution < -0.4 is 10.4 Å². The van der Waals surface area contributed by atoms with Gasteiger partial charge in [0.2, 0.25) is 5.75 Å². The summed E-state index contributed by atoms with van der Waals surface area (Å²) in [7, 11) is 0. The van der Waals surface area contributed by atoms with E-state index in [-0.39, 0.29) is 11.1 Å². The summed E-state index contributed by atoms with van der Waals surface area (Å²) >= 11 is 0. The minimum atomic E-state index is -0.741. The van der Waals surface area contributed by atoms with E-state index in [9.17, 15) is 24.8 Å². The van der Waals surface area contributed by atoms with E-state index in [2.05, 4.69) is 5.43 Å². The molecule has 0 aromatic heterocycles. The zero-order chi connectivity index (χ0) is 19.0. The summed E-state index contributed by atoms with van der Waals surface area (Å²) in [5.41, 5.74) is 4.24. The lowest BCUT2D eigenvalue weighted by atomic mass is 10.1. The summed E-state index contributed by atoms with van der Waals surface area (Å²) in [5, 5.41) is 22.0. The van der Waals surface area contributed by atoms with E-state index in [0.717, 1.165) is 28.3 Å². The number of nitro benzene ring substituents is 1. The number of nitrogens with one attached hydrogen (secondary N) is 1. The Kier molecular flexibility index (Phi) is 4.17. The van der Waals surface area contributed by atoms with Crippen LogP contribution in [-0.2, 0) is 9.59 Å². The average molecular weight is 353 g/mol. The number of aromatic hydroxyl groups is 1. The molecule has 0 spiro atoms. The van der Waals surface area contributed by atoms with Gasteiger partial charge in [0.05, 0.1) is 10.6 Å². The zero-order valence-corrected chi connectivity index (χ0v) is 14.0. The molecule has 0 saturated carbocycles. The topological polar surface area (TPSA) is 113 Å². The van der Waals surface area contributed by atoms with Gasteiger partial charge in [-0.3, -0.25) is 25.1 Å². The van der Waals surface area contributed by atoms with Crippen molar-refractivity contribution >= 4 is 29.3 Å². The number of rotatable bonds is 3. The van der Waals surface area contributed by atoms with Gasteiger partial charge in [-0.25, -0.2) is 5.01 Å². The third-order valence-corrected chi connectivity index (χ3v) is 4.18. The molecule has 1 aliphatic rings. The molecule has 0 aliphatic carbocycles. The highest BCUT2D eigenvalue weighted by Gasteiger charge is 2.35. The number of carbonyl (C=O) groups is 2. The Balaban J connectivity index is 1.99. The minimum absolute atomic E-state index is 0.0136. The minimum Gasteiger partial charge on any atom is -0.502 e. The summed E-state index contributed by atoms with van der Waals surface area (Å²) in [6.07, 6.45) is 1.14. The molecule has 1 saturated heterocycles. The Bertz CT molecular complexity index is 981. The molecule has 1 aliphatic heterocycles. The van der Waals surface area contributed by atoms with Crippen molar-refractivity contribution in [3.05, 3.63) is 68.8 Å². The van der Waals surface area contributed by atoms with E-state index in [0.29, 0.717) is 5.69 Å². The van der Waals surface area contributed by atoms with Crippen molar-refractivity contribution in [2.75, 3.05) is 5.01 Å². The number of carbonyl (C=O) groups excluding carboxylic acids is 2. The zero-order valence-electron chi connectivity index (χ0n) is 14.0. The molecule has 1 fully saturated rings. The molecule has 2 aromatic carbocycles. The number of para-hydroxylation sites is 1. The summed E-state index contributed by atoms with van der Waals surface area (Å²) in [6, 6.07) is 9.18. The number of nitrogens with zero attached hydrogens (tertiary/aromatic N) is 2. The molecule has 8 heteroatoms. The van der Waals surface area contributed by atoms with Gasteiger partial charge in [0.15, 0.2) is 0 Å². The number of hydrazine groups is 1. The monoisotopic (exact) mass is 353 g/mol. The predicted molar refractivity (Wildman–Crippen MR) is 94.3 cm³/mol. The Labute approximate surface area is 148 Å². The van der Waals surface area contributed by atoms with Crippen LogP contribution in [0.5, 0.6) is 5.75 Å². The molecular formula is C18H15N3O5. The molecule has 3 rings (SSSR count). The van der Waals surface area contributed by atoms with Gasteiger partial charge in [0.25, 0.3) is 11.8 Å². The predicted octanol–water partition coefficient (Wildman–Crippen LogP) is 2.38. The highest BCUT2D eigenvalue weighted by atomic mass is 16.6. The van der Waals surface area contributed by atoms with Gasteiger partial charge in [-0.2, -0.15) is 0 Å². The number of benzene rings is 2. The number of phenolic OH excluding ortho intramolecular Hbond substituents is 1. The maximum atomic E-state index is 12.6. The van der Waals surface area contributed by atoms with E-state index >= 15 is 0 Å². The molecule has 132 valence electrons. The largest absolute Gasteiger partial charge is 0.502 e. The van der Waals surface area contributed by atoms with Crippen LogP contribution in [0.2, 0.25) is 0 Å². The van der Waals surface area contributed by atoms with E-state index in [1.54, 1.807) is 12.1 Å². The van der Waals surface area contributed by atoms with Gasteiger partial charge in [-0.15, -0.1) is 0 Å². The second kappa shape index (κ2) is 6.32. The smallest absolute Gasteiger partial charge is 0.311 e. The Hall–Kier alpha value is -3.68. The van der Waals surface area contributed by atoms with Crippen molar-refractivity contribution in [3.63, 3.8) is 0 Å². The fourth-order valence-electron chi connectivity index (χ4n) is 2.57. The number of amides is 2. The molecule has 1 heterocycles. The van der Waals surface area contributed by atoms with Crippen LogP contribution in [0.4, 0.5) is 11.4 Å². The highest BCUT2D eigenvalue weighted by molar-refractivity contribution is 6.31. The van der Waals surface area contributed by atoms with Crippen LogP contribution in [0, 0.1) is 24.0 Å². The number of hydrogen-bond donors (Lipinski definition) is 2. The first-order chi connectivity index (χ1) is 12.3. The maximum absolute atomic E-state index is 12.6. The van der Waals surface area contributed by atoms with E-state index < -0.39 is 28.2 Å². The SMILES string of the molecule is Cc1ccc(N2NC(=O)/C(=C/c3cccc([N+](=O)[O-])c3O)C2=O)cc1C. The number of anilines is 1. The molecule has 2 N–H and O–H groups in total. The third kappa shape index (κ3) is 2.88. The molecule has 26 heavy (non-hydrogen) atoms. The molecule has 0 unspecified atom stereocenters. The Morgan fingerprint density at radius 2 is 1.88 bits per heavy atom. The first-order valence-electron chi connectivity index (χ1n) is 7.70. The lowest BCUT2D eigenvalue weighted by molar-refractivity contribution is -0.385. The summed E-state index contributed by atoms with van der Waals surface area (Å²) < 4.78 is 0. The van der Waals surface area contributed by atoms with Crippen LogP contribution in [0.1, 0.15) is 16.7 Å². The summed E-state index contributed by atoms with van der Waals surface area (Å²) in [5.74, 6) is -1.86. The fraction of sp³-hybridized carbons (Fsp3) is 0.111. The lowest BCUT2D eigenvalue weighted by Crippen LogP contribution is -2.35. The van der Waals surface area contributed by atoms with Crippen LogP contribution in [0.25, 0.3) is 6.08 Å². The van der Waals surface area contributed by atoms with E-state index in [4.69, 9.17) is 0 Å². The van der Waals surface area contributed by atoms with Gasteiger partial charge >= 0.3 is 5.69 Å². The molecule has 2 aromatic rings. The standard InChI is InChI=1S/C18H15N3O5/c1-10-6-7-13(8-11(10)2)20-18(24)14(17(23)19-20)9-12-4-3-5-15(16(12)22)21(25)26/h3-9,22H,1-2H3,(H,19,23)/b14-9-. The van der Waals surface area contributed by atoms with Gasteiger partial charge < -0.3 is 5.11 Å². The average Bonchev–Trinajstić information content (AvgIpc) is 2.87. The van der Waals surface area contributed by atoms with Crippen molar-refractivity contribution in [3.8, 4) is 5.75 Å². The maximum Gasteiger partial charge on any atom is 0.311 e. The van der Waals surface area contributed by atoms with Gasteiger partial charge in [0, 0.05) is 11.6 Å². The van der Waals surface area contributed by atoms with Crippen LogP contribution >= 0.6 is 0 Å². The number of hydrogen-bond acceptors (Lipinski definition) is 5. The van der Waals surface area contributed by atoms with E-state index in [1.165, 1.54) is 12.1 Å². The normalized spacial score (nSPS) is 15.5.